The van der Waals surface area contributed by atoms with E-state index in [2.05, 4.69) is 20.8 Å². The molecule has 0 aliphatic carbocycles. The average molecular weight is 404 g/mol. The Kier molecular flexibility index (Phi) is 7.10. The molecule has 0 bridgehead atoms. The van der Waals surface area contributed by atoms with Gasteiger partial charge in [-0.2, -0.15) is 5.10 Å². The molecular weight excluding hydrogens is 384 g/mol. The van der Waals surface area contributed by atoms with Gasteiger partial charge in [-0.3, -0.25) is 14.6 Å². The molecule has 1 aromatic heterocycles. The van der Waals surface area contributed by atoms with Gasteiger partial charge in [0.05, 0.1) is 19.0 Å². The van der Waals surface area contributed by atoms with E-state index in [4.69, 9.17) is 9.47 Å². The first-order valence-corrected chi connectivity index (χ1v) is 9.05. The van der Waals surface area contributed by atoms with Crippen LogP contribution >= 0.6 is 0 Å². The highest BCUT2D eigenvalue weighted by atomic mass is 16.5. The molecule has 0 aliphatic rings. The van der Waals surface area contributed by atoms with E-state index in [0.717, 1.165) is 5.56 Å². The van der Waals surface area contributed by atoms with Crippen LogP contribution in [-0.2, 0) is 4.79 Å². The lowest BCUT2D eigenvalue weighted by molar-refractivity contribution is -0.118. The maximum absolute atomic E-state index is 12.1. The number of hydrogen-bond acceptors (Lipinski definition) is 6. The SMILES string of the molecule is COc1ccccc1NC(=O)COc1ccc(/C=N\NC(=O)c2ccncc2)cc1. The van der Waals surface area contributed by atoms with Crippen LogP contribution in [0.4, 0.5) is 5.69 Å². The lowest BCUT2D eigenvalue weighted by atomic mass is 10.2. The minimum absolute atomic E-state index is 0.145. The normalized spacial score (nSPS) is 10.4. The van der Waals surface area contributed by atoms with Crippen molar-refractivity contribution in [2.24, 2.45) is 5.10 Å². The Morgan fingerprint density at radius 2 is 1.77 bits per heavy atom. The number of nitrogens with zero attached hydrogens (tertiary/aromatic N) is 2. The van der Waals surface area contributed by atoms with Gasteiger partial charge in [-0.1, -0.05) is 12.1 Å². The van der Waals surface area contributed by atoms with Crippen molar-refractivity contribution in [3.8, 4) is 11.5 Å². The van der Waals surface area contributed by atoms with E-state index < -0.39 is 0 Å². The molecule has 1 heterocycles. The summed E-state index contributed by atoms with van der Waals surface area (Å²) in [4.78, 5) is 27.8. The fraction of sp³-hybridized carbons (Fsp3) is 0.0909. The van der Waals surface area contributed by atoms with Crippen LogP contribution in [0.5, 0.6) is 11.5 Å². The van der Waals surface area contributed by atoms with E-state index in [-0.39, 0.29) is 18.4 Å². The summed E-state index contributed by atoms with van der Waals surface area (Å²) in [5.74, 6) is 0.479. The van der Waals surface area contributed by atoms with E-state index in [1.54, 1.807) is 54.6 Å². The number of aromatic nitrogens is 1. The van der Waals surface area contributed by atoms with Crippen LogP contribution in [-0.4, -0.2) is 36.7 Å². The molecule has 0 spiro atoms. The number of para-hydroxylation sites is 2. The monoisotopic (exact) mass is 404 g/mol. The number of pyridine rings is 1. The van der Waals surface area contributed by atoms with Gasteiger partial charge in [0.1, 0.15) is 11.5 Å². The van der Waals surface area contributed by atoms with Gasteiger partial charge < -0.3 is 14.8 Å². The third-order valence-electron chi connectivity index (χ3n) is 3.95. The zero-order valence-electron chi connectivity index (χ0n) is 16.2. The van der Waals surface area contributed by atoms with Gasteiger partial charge in [0, 0.05) is 18.0 Å². The van der Waals surface area contributed by atoms with Crippen molar-refractivity contribution in [3.05, 3.63) is 84.2 Å². The minimum atomic E-state index is -0.324. The maximum atomic E-state index is 12.1. The lowest BCUT2D eigenvalue weighted by Crippen LogP contribution is -2.20. The standard InChI is InChI=1S/C22H20N4O4/c1-29-20-5-3-2-4-19(20)25-21(27)15-30-18-8-6-16(7-9-18)14-24-26-22(28)17-10-12-23-13-11-17/h2-14H,15H2,1H3,(H,25,27)(H,26,28)/b24-14-. The van der Waals surface area contributed by atoms with Crippen LogP contribution in [0, 0.1) is 0 Å². The number of ether oxygens (including phenoxy) is 2. The zero-order valence-corrected chi connectivity index (χ0v) is 16.2. The summed E-state index contributed by atoms with van der Waals surface area (Å²) >= 11 is 0. The quantitative estimate of drug-likeness (QED) is 0.444. The number of rotatable bonds is 8. The third-order valence-corrected chi connectivity index (χ3v) is 3.95. The number of nitrogens with one attached hydrogen (secondary N) is 2. The summed E-state index contributed by atoms with van der Waals surface area (Å²) < 4.78 is 10.7. The molecule has 2 amide bonds. The summed E-state index contributed by atoms with van der Waals surface area (Å²) in [6.07, 6.45) is 4.58. The van der Waals surface area contributed by atoms with Crippen molar-refractivity contribution in [2.75, 3.05) is 19.0 Å². The summed E-state index contributed by atoms with van der Waals surface area (Å²) in [6, 6.07) is 17.3. The number of carbonyl (C=O) groups is 2. The first-order valence-electron chi connectivity index (χ1n) is 9.05. The fourth-order valence-corrected chi connectivity index (χ4v) is 2.47. The Morgan fingerprint density at radius 1 is 1.03 bits per heavy atom. The summed E-state index contributed by atoms with van der Waals surface area (Å²) in [5, 5.41) is 6.66. The van der Waals surface area contributed by atoms with Crippen molar-refractivity contribution < 1.29 is 19.1 Å². The average Bonchev–Trinajstić information content (AvgIpc) is 2.79. The molecule has 0 radical (unpaired) electrons. The molecule has 30 heavy (non-hydrogen) atoms. The van der Waals surface area contributed by atoms with Gasteiger partial charge in [0.15, 0.2) is 6.61 Å². The second-order valence-electron chi connectivity index (χ2n) is 6.04. The summed E-state index contributed by atoms with van der Waals surface area (Å²) in [5.41, 5.74) is 4.25. The van der Waals surface area contributed by atoms with Crippen LogP contribution in [0.15, 0.2) is 78.2 Å². The fourth-order valence-electron chi connectivity index (χ4n) is 2.47. The molecular formula is C22H20N4O4. The molecule has 2 aromatic carbocycles. The molecule has 0 unspecified atom stereocenters. The Morgan fingerprint density at radius 3 is 2.50 bits per heavy atom. The number of benzene rings is 2. The third kappa shape index (κ3) is 5.90. The second-order valence-corrected chi connectivity index (χ2v) is 6.04. The van der Waals surface area contributed by atoms with Crippen LogP contribution < -0.4 is 20.2 Å². The predicted molar refractivity (Wildman–Crippen MR) is 113 cm³/mol. The van der Waals surface area contributed by atoms with Gasteiger partial charge in [0.25, 0.3) is 11.8 Å². The van der Waals surface area contributed by atoms with E-state index in [0.29, 0.717) is 22.7 Å². The van der Waals surface area contributed by atoms with Crippen molar-refractivity contribution in [2.45, 2.75) is 0 Å². The number of hydrazone groups is 1. The van der Waals surface area contributed by atoms with Crippen molar-refractivity contribution >= 4 is 23.7 Å². The molecule has 0 fully saturated rings. The topological polar surface area (TPSA) is 102 Å². The highest BCUT2D eigenvalue weighted by Crippen LogP contribution is 2.22. The molecule has 8 heteroatoms. The first kappa shape index (κ1) is 20.5. The van der Waals surface area contributed by atoms with Crippen molar-refractivity contribution in [1.82, 2.24) is 10.4 Å². The summed E-state index contributed by atoms with van der Waals surface area (Å²) in [7, 11) is 1.54. The number of carbonyl (C=O) groups excluding carboxylic acids is 2. The van der Waals surface area contributed by atoms with E-state index >= 15 is 0 Å². The predicted octanol–water partition coefficient (Wildman–Crippen LogP) is 2.87. The highest BCUT2D eigenvalue weighted by molar-refractivity contribution is 5.95. The van der Waals surface area contributed by atoms with Gasteiger partial charge in [-0.25, -0.2) is 5.43 Å². The number of methoxy groups -OCH3 is 1. The summed E-state index contributed by atoms with van der Waals surface area (Å²) in [6.45, 7) is -0.145. The van der Waals surface area contributed by atoms with Crippen LogP contribution in [0.25, 0.3) is 0 Å². The van der Waals surface area contributed by atoms with Crippen LogP contribution in [0.1, 0.15) is 15.9 Å². The highest BCUT2D eigenvalue weighted by Gasteiger charge is 2.07. The maximum Gasteiger partial charge on any atom is 0.271 e. The van der Waals surface area contributed by atoms with Gasteiger partial charge in [-0.15, -0.1) is 0 Å². The Hall–Kier alpha value is -4.20. The molecule has 152 valence electrons. The number of amides is 2. The second kappa shape index (κ2) is 10.4. The smallest absolute Gasteiger partial charge is 0.271 e. The molecule has 8 nitrogen and oxygen atoms in total. The number of hydrogen-bond donors (Lipinski definition) is 2. The van der Waals surface area contributed by atoms with E-state index in [9.17, 15) is 9.59 Å². The number of anilines is 1. The lowest BCUT2D eigenvalue weighted by Gasteiger charge is -2.10. The molecule has 0 saturated heterocycles. The molecule has 3 rings (SSSR count). The Labute approximate surface area is 173 Å². The first-order chi connectivity index (χ1) is 14.7. The van der Waals surface area contributed by atoms with E-state index in [1.807, 2.05) is 6.07 Å². The molecule has 0 saturated carbocycles. The van der Waals surface area contributed by atoms with Crippen molar-refractivity contribution in [3.63, 3.8) is 0 Å². The molecule has 0 aliphatic heterocycles. The van der Waals surface area contributed by atoms with Crippen LogP contribution in [0.3, 0.4) is 0 Å². The molecule has 3 aromatic rings. The Bertz CT molecular complexity index is 1020. The van der Waals surface area contributed by atoms with Crippen molar-refractivity contribution in [1.29, 1.82) is 0 Å². The zero-order chi connectivity index (χ0) is 21.2. The largest absolute Gasteiger partial charge is 0.495 e. The van der Waals surface area contributed by atoms with Gasteiger partial charge >= 0.3 is 0 Å². The molecule has 2 N–H and O–H groups in total. The van der Waals surface area contributed by atoms with E-state index in [1.165, 1.54) is 25.7 Å². The van der Waals surface area contributed by atoms with Crippen LogP contribution in [0.2, 0.25) is 0 Å². The molecule has 0 atom stereocenters. The van der Waals surface area contributed by atoms with Gasteiger partial charge in [-0.05, 0) is 54.1 Å². The van der Waals surface area contributed by atoms with Gasteiger partial charge in [0.2, 0.25) is 0 Å². The minimum Gasteiger partial charge on any atom is -0.495 e. The Balaban J connectivity index is 1.47.